The van der Waals surface area contributed by atoms with Crippen LogP contribution in [0.2, 0.25) is 0 Å². The highest BCUT2D eigenvalue weighted by molar-refractivity contribution is 5.24. The quantitative estimate of drug-likeness (QED) is 0.580. The van der Waals surface area contributed by atoms with E-state index in [9.17, 15) is 19.0 Å². The minimum atomic E-state index is -0.807. The van der Waals surface area contributed by atoms with Gasteiger partial charge < -0.3 is 10.2 Å². The SMILES string of the molecule is C#C.Fc1ccccc1F.O[C@@H]1CCCc2cccnc2[C@@H]1O. The van der Waals surface area contributed by atoms with Crippen LogP contribution in [0.3, 0.4) is 0 Å². The highest BCUT2D eigenvalue weighted by Gasteiger charge is 2.24. The summed E-state index contributed by atoms with van der Waals surface area (Å²) in [5.41, 5.74) is 1.71. The molecule has 5 heteroatoms. The maximum atomic E-state index is 11.9. The molecule has 1 heterocycles. The molecular weight excluding hydrogens is 300 g/mol. The Kier molecular flexibility index (Phi) is 7.89. The van der Waals surface area contributed by atoms with Crippen LogP contribution in [0.15, 0.2) is 42.6 Å². The summed E-state index contributed by atoms with van der Waals surface area (Å²) in [6.07, 6.45) is 10.7. The van der Waals surface area contributed by atoms with Gasteiger partial charge in [-0.1, -0.05) is 18.2 Å². The Morgan fingerprint density at radius 3 is 2.17 bits per heavy atom. The number of rotatable bonds is 0. The minimum absolute atomic E-state index is 0.646. The fourth-order valence-corrected chi connectivity index (χ4v) is 2.21. The lowest BCUT2D eigenvalue weighted by atomic mass is 10.1. The first-order valence-electron chi connectivity index (χ1n) is 7.13. The van der Waals surface area contributed by atoms with Gasteiger partial charge in [-0.05, 0) is 43.0 Å². The predicted octanol–water partition coefficient (Wildman–Crippen LogP) is 3.03. The second kappa shape index (κ2) is 9.67. The molecule has 3 nitrogen and oxygen atoms in total. The maximum Gasteiger partial charge on any atom is 0.158 e. The fourth-order valence-electron chi connectivity index (χ4n) is 2.21. The number of aromatic nitrogens is 1. The number of pyridine rings is 1. The van der Waals surface area contributed by atoms with Crippen molar-refractivity contribution < 1.29 is 19.0 Å². The van der Waals surface area contributed by atoms with Gasteiger partial charge in [0.1, 0.15) is 6.10 Å². The smallest absolute Gasteiger partial charge is 0.158 e. The summed E-state index contributed by atoms with van der Waals surface area (Å²) < 4.78 is 23.9. The molecule has 0 saturated heterocycles. The van der Waals surface area contributed by atoms with E-state index in [0.29, 0.717) is 12.1 Å². The third kappa shape index (κ3) is 5.44. The molecule has 1 aromatic heterocycles. The summed E-state index contributed by atoms with van der Waals surface area (Å²) in [6, 6.07) is 8.87. The molecule has 23 heavy (non-hydrogen) atoms. The van der Waals surface area contributed by atoms with E-state index in [1.54, 1.807) is 6.20 Å². The molecule has 0 radical (unpaired) electrons. The van der Waals surface area contributed by atoms with Crippen molar-refractivity contribution in [1.82, 2.24) is 4.98 Å². The van der Waals surface area contributed by atoms with E-state index in [-0.39, 0.29) is 0 Å². The normalized spacial score (nSPS) is 19.0. The van der Waals surface area contributed by atoms with Crippen molar-refractivity contribution in [3.63, 3.8) is 0 Å². The van der Waals surface area contributed by atoms with Crippen molar-refractivity contribution in [2.24, 2.45) is 0 Å². The Balaban J connectivity index is 0.000000228. The van der Waals surface area contributed by atoms with Crippen LogP contribution in [0.4, 0.5) is 8.78 Å². The molecule has 2 atom stereocenters. The first-order valence-corrected chi connectivity index (χ1v) is 7.13. The van der Waals surface area contributed by atoms with E-state index in [1.165, 1.54) is 12.1 Å². The molecule has 1 aliphatic carbocycles. The van der Waals surface area contributed by atoms with E-state index in [4.69, 9.17) is 0 Å². The first kappa shape index (κ1) is 18.8. The monoisotopic (exact) mass is 319 g/mol. The van der Waals surface area contributed by atoms with E-state index in [0.717, 1.165) is 30.5 Å². The van der Waals surface area contributed by atoms with Crippen LogP contribution in [0.5, 0.6) is 0 Å². The number of aliphatic hydroxyl groups is 2. The van der Waals surface area contributed by atoms with E-state index >= 15 is 0 Å². The van der Waals surface area contributed by atoms with Crippen LogP contribution in [-0.2, 0) is 6.42 Å². The molecule has 0 bridgehead atoms. The average molecular weight is 319 g/mol. The molecule has 2 N–H and O–H groups in total. The van der Waals surface area contributed by atoms with Crippen molar-refractivity contribution in [3.8, 4) is 12.8 Å². The van der Waals surface area contributed by atoms with Crippen LogP contribution in [0.1, 0.15) is 30.2 Å². The molecule has 2 aromatic rings. The van der Waals surface area contributed by atoms with Gasteiger partial charge in [0, 0.05) is 6.20 Å². The van der Waals surface area contributed by atoms with Gasteiger partial charge in [0.2, 0.25) is 0 Å². The van der Waals surface area contributed by atoms with Crippen LogP contribution >= 0.6 is 0 Å². The second-order valence-electron chi connectivity index (χ2n) is 4.87. The van der Waals surface area contributed by atoms with Crippen molar-refractivity contribution in [3.05, 3.63) is 65.5 Å². The van der Waals surface area contributed by atoms with E-state index in [1.807, 2.05) is 12.1 Å². The Morgan fingerprint density at radius 2 is 1.61 bits per heavy atom. The molecule has 3 rings (SSSR count). The van der Waals surface area contributed by atoms with Crippen LogP contribution in [0, 0.1) is 24.5 Å². The zero-order valence-corrected chi connectivity index (χ0v) is 12.6. The topological polar surface area (TPSA) is 53.4 Å². The second-order valence-corrected chi connectivity index (χ2v) is 4.87. The summed E-state index contributed by atoms with van der Waals surface area (Å²) in [5, 5.41) is 19.2. The highest BCUT2D eigenvalue weighted by atomic mass is 19.2. The van der Waals surface area contributed by atoms with Crippen molar-refractivity contribution in [1.29, 1.82) is 0 Å². The van der Waals surface area contributed by atoms with Gasteiger partial charge in [-0.2, -0.15) is 0 Å². The van der Waals surface area contributed by atoms with Crippen molar-refractivity contribution in [2.45, 2.75) is 31.5 Å². The molecule has 0 fully saturated rings. The number of hydrogen-bond donors (Lipinski definition) is 2. The highest BCUT2D eigenvalue weighted by Crippen LogP contribution is 2.26. The average Bonchev–Trinajstić information content (AvgIpc) is 2.73. The Bertz CT molecular complexity index is 610. The standard InChI is InChI=1S/C10H13NO2.C6H4F2.C2H2/c12-8-5-1-3-7-4-2-6-11-9(7)10(8)13;7-5-3-1-2-4-6(5)8;1-2/h2,4,6,8,10,12-13H,1,3,5H2;1-4H;1-2H/t8-,10-;;/m1../s1. The largest absolute Gasteiger partial charge is 0.390 e. The summed E-state index contributed by atoms with van der Waals surface area (Å²) in [4.78, 5) is 4.10. The number of halogens is 2. The summed E-state index contributed by atoms with van der Waals surface area (Å²) in [5.74, 6) is -1.60. The Hall–Kier alpha value is -2.29. The predicted molar refractivity (Wildman–Crippen MR) is 84.4 cm³/mol. The molecule has 0 aliphatic heterocycles. The third-order valence-corrected chi connectivity index (χ3v) is 3.34. The van der Waals surface area contributed by atoms with Gasteiger partial charge in [0.05, 0.1) is 11.8 Å². The lowest BCUT2D eigenvalue weighted by molar-refractivity contribution is 0.0129. The lowest BCUT2D eigenvalue weighted by Gasteiger charge is -2.14. The molecule has 0 unspecified atom stereocenters. The molecule has 1 aliphatic rings. The summed E-state index contributed by atoms with van der Waals surface area (Å²) in [7, 11) is 0. The van der Waals surface area contributed by atoms with Gasteiger partial charge in [-0.15, -0.1) is 12.8 Å². The minimum Gasteiger partial charge on any atom is -0.390 e. The molecule has 122 valence electrons. The van der Waals surface area contributed by atoms with Gasteiger partial charge >= 0.3 is 0 Å². The molecule has 1 aromatic carbocycles. The number of terminal acetylenes is 1. The first-order chi connectivity index (χ1) is 11.1. The number of fused-ring (bicyclic) bond motifs is 1. The number of aryl methyl sites for hydroxylation is 1. The van der Waals surface area contributed by atoms with Crippen LogP contribution < -0.4 is 0 Å². The lowest BCUT2D eigenvalue weighted by Crippen LogP contribution is -2.17. The van der Waals surface area contributed by atoms with Gasteiger partial charge in [0.25, 0.3) is 0 Å². The number of benzene rings is 1. The number of aliphatic hydroxyl groups excluding tert-OH is 2. The van der Waals surface area contributed by atoms with Crippen molar-refractivity contribution >= 4 is 0 Å². The zero-order valence-electron chi connectivity index (χ0n) is 12.6. The number of hydrogen-bond acceptors (Lipinski definition) is 3. The molecule has 0 saturated carbocycles. The van der Waals surface area contributed by atoms with E-state index < -0.39 is 23.8 Å². The van der Waals surface area contributed by atoms with Crippen LogP contribution in [0.25, 0.3) is 0 Å². The molecular formula is C18H19F2NO2. The van der Waals surface area contributed by atoms with Gasteiger partial charge in [-0.3, -0.25) is 4.98 Å². The maximum absolute atomic E-state index is 11.9. The van der Waals surface area contributed by atoms with Gasteiger partial charge in [-0.25, -0.2) is 8.78 Å². The zero-order chi connectivity index (χ0) is 17.2. The van der Waals surface area contributed by atoms with E-state index in [2.05, 4.69) is 17.8 Å². The van der Waals surface area contributed by atoms with Crippen LogP contribution in [-0.4, -0.2) is 21.3 Å². The fraction of sp³-hybridized carbons (Fsp3) is 0.278. The van der Waals surface area contributed by atoms with Crippen molar-refractivity contribution in [2.75, 3.05) is 0 Å². The Labute approximate surface area is 134 Å². The molecule has 0 amide bonds. The Morgan fingerprint density at radius 1 is 1.00 bits per heavy atom. The molecule has 0 spiro atoms. The number of nitrogens with zero attached hydrogens (tertiary/aromatic N) is 1. The third-order valence-electron chi connectivity index (χ3n) is 3.34. The van der Waals surface area contributed by atoms with Gasteiger partial charge in [0.15, 0.2) is 11.6 Å². The summed E-state index contributed by atoms with van der Waals surface area (Å²) >= 11 is 0. The summed E-state index contributed by atoms with van der Waals surface area (Å²) in [6.45, 7) is 0.